The number of aromatic amines is 1. The van der Waals surface area contributed by atoms with Crippen molar-refractivity contribution in [2.24, 2.45) is 0 Å². The Morgan fingerprint density at radius 2 is 2.05 bits per heavy atom. The zero-order chi connectivity index (χ0) is 14.3. The van der Waals surface area contributed by atoms with Crippen molar-refractivity contribution in [3.8, 4) is 0 Å². The molecule has 20 heavy (non-hydrogen) atoms. The van der Waals surface area contributed by atoms with E-state index >= 15 is 0 Å². The molecule has 2 N–H and O–H groups in total. The van der Waals surface area contributed by atoms with Gasteiger partial charge in [-0.25, -0.2) is 9.18 Å². The van der Waals surface area contributed by atoms with Gasteiger partial charge in [0.15, 0.2) is 5.58 Å². The van der Waals surface area contributed by atoms with Crippen LogP contribution in [0.1, 0.15) is 17.2 Å². The summed E-state index contributed by atoms with van der Waals surface area (Å²) in [5.74, 6) is -0.991. The third kappa shape index (κ3) is 2.28. The molecule has 0 saturated heterocycles. The second kappa shape index (κ2) is 4.88. The number of fused-ring (bicyclic) bond motifs is 1. The predicted molar refractivity (Wildman–Crippen MR) is 75.0 cm³/mol. The fourth-order valence-corrected chi connectivity index (χ4v) is 2.50. The van der Waals surface area contributed by atoms with Gasteiger partial charge in [0.1, 0.15) is 11.9 Å². The molecule has 0 aliphatic rings. The molecule has 0 fully saturated rings. The Labute approximate surface area is 121 Å². The van der Waals surface area contributed by atoms with Crippen LogP contribution in [-0.2, 0) is 0 Å². The van der Waals surface area contributed by atoms with Crippen molar-refractivity contribution < 1.29 is 13.9 Å². The molecule has 0 bridgehead atoms. The molecule has 1 atom stereocenters. The van der Waals surface area contributed by atoms with E-state index in [4.69, 9.17) is 4.42 Å². The van der Waals surface area contributed by atoms with Crippen molar-refractivity contribution in [3.63, 3.8) is 0 Å². The average Bonchev–Trinajstić information content (AvgIpc) is 2.79. The Kier molecular flexibility index (Phi) is 3.19. The molecular weight excluding hydrogens is 329 g/mol. The van der Waals surface area contributed by atoms with Gasteiger partial charge in [0, 0.05) is 10.0 Å². The molecule has 0 aliphatic heterocycles. The van der Waals surface area contributed by atoms with E-state index in [-0.39, 0.29) is 0 Å². The number of aliphatic hydroxyl groups is 1. The van der Waals surface area contributed by atoms with Crippen molar-refractivity contribution in [1.29, 1.82) is 0 Å². The number of halogens is 2. The zero-order valence-corrected chi connectivity index (χ0v) is 11.6. The number of oxazole rings is 1. The van der Waals surface area contributed by atoms with Crippen molar-refractivity contribution in [1.82, 2.24) is 4.98 Å². The van der Waals surface area contributed by atoms with Crippen LogP contribution in [0.15, 0.2) is 50.1 Å². The topological polar surface area (TPSA) is 66.2 Å². The summed E-state index contributed by atoms with van der Waals surface area (Å²) in [6.45, 7) is 0. The molecule has 0 radical (unpaired) electrons. The van der Waals surface area contributed by atoms with Gasteiger partial charge in [-0.1, -0.05) is 22.0 Å². The maximum atomic E-state index is 13.3. The highest BCUT2D eigenvalue weighted by Crippen LogP contribution is 2.30. The molecule has 102 valence electrons. The molecule has 3 rings (SSSR count). The Hall–Kier alpha value is -1.92. The van der Waals surface area contributed by atoms with Gasteiger partial charge in [0.2, 0.25) is 0 Å². The number of hydrogen-bond acceptors (Lipinski definition) is 3. The fourth-order valence-electron chi connectivity index (χ4n) is 2.04. The van der Waals surface area contributed by atoms with E-state index in [1.807, 2.05) is 0 Å². The standard InChI is InChI=1S/C14H9BrFNO3/c15-10-3-2-8(16)6-9(10)13(18)7-1-4-11-12(5-7)20-14(19)17-11/h1-6,13,18H,(H,17,19). The summed E-state index contributed by atoms with van der Waals surface area (Å²) in [5, 5.41) is 10.3. The molecule has 2 aromatic carbocycles. The van der Waals surface area contributed by atoms with Crippen molar-refractivity contribution in [2.45, 2.75) is 6.10 Å². The Balaban J connectivity index is 2.09. The number of rotatable bonds is 2. The van der Waals surface area contributed by atoms with Gasteiger partial charge in [0.05, 0.1) is 5.52 Å². The highest BCUT2D eigenvalue weighted by molar-refractivity contribution is 9.10. The van der Waals surface area contributed by atoms with Gasteiger partial charge in [-0.2, -0.15) is 0 Å². The number of aromatic nitrogens is 1. The molecule has 1 aromatic heterocycles. The summed E-state index contributed by atoms with van der Waals surface area (Å²) < 4.78 is 18.8. The molecule has 6 heteroatoms. The Bertz CT molecular complexity index is 840. The molecule has 0 saturated carbocycles. The second-order valence-electron chi connectivity index (χ2n) is 4.34. The van der Waals surface area contributed by atoms with Crippen LogP contribution in [-0.4, -0.2) is 10.1 Å². The van der Waals surface area contributed by atoms with Crippen molar-refractivity contribution in [2.75, 3.05) is 0 Å². The van der Waals surface area contributed by atoms with E-state index in [1.54, 1.807) is 18.2 Å². The van der Waals surface area contributed by atoms with Crippen molar-refractivity contribution >= 4 is 27.0 Å². The van der Waals surface area contributed by atoms with Crippen LogP contribution >= 0.6 is 15.9 Å². The first kappa shape index (κ1) is 13.1. The van der Waals surface area contributed by atoms with Crippen LogP contribution in [0.2, 0.25) is 0 Å². The summed E-state index contributed by atoms with van der Waals surface area (Å²) in [5.41, 5.74) is 1.80. The van der Waals surface area contributed by atoms with Crippen LogP contribution in [0.25, 0.3) is 11.1 Å². The van der Waals surface area contributed by atoms with Crippen LogP contribution in [0.5, 0.6) is 0 Å². The van der Waals surface area contributed by atoms with Gasteiger partial charge in [-0.05, 0) is 35.9 Å². The highest BCUT2D eigenvalue weighted by Gasteiger charge is 2.16. The lowest BCUT2D eigenvalue weighted by Crippen LogP contribution is -2.01. The van der Waals surface area contributed by atoms with Gasteiger partial charge >= 0.3 is 5.76 Å². The van der Waals surface area contributed by atoms with E-state index in [0.29, 0.717) is 26.7 Å². The largest absolute Gasteiger partial charge is 0.417 e. The number of benzene rings is 2. The number of nitrogens with one attached hydrogen (secondary N) is 1. The minimum Gasteiger partial charge on any atom is -0.408 e. The van der Waals surface area contributed by atoms with Gasteiger partial charge < -0.3 is 9.52 Å². The lowest BCUT2D eigenvalue weighted by Gasteiger charge is -2.13. The van der Waals surface area contributed by atoms with Gasteiger partial charge in [-0.3, -0.25) is 4.98 Å². The smallest absolute Gasteiger partial charge is 0.408 e. The van der Waals surface area contributed by atoms with E-state index in [1.165, 1.54) is 18.2 Å². The average molecular weight is 338 g/mol. The lowest BCUT2D eigenvalue weighted by molar-refractivity contribution is 0.219. The maximum absolute atomic E-state index is 13.3. The molecule has 0 spiro atoms. The Morgan fingerprint density at radius 3 is 2.85 bits per heavy atom. The predicted octanol–water partition coefficient (Wildman–Crippen LogP) is 3.10. The summed E-state index contributed by atoms with van der Waals surface area (Å²) in [6.07, 6.45) is -1.02. The third-order valence-electron chi connectivity index (χ3n) is 3.01. The third-order valence-corrected chi connectivity index (χ3v) is 3.74. The number of hydrogen-bond donors (Lipinski definition) is 2. The number of H-pyrrole nitrogens is 1. The maximum Gasteiger partial charge on any atom is 0.417 e. The van der Waals surface area contributed by atoms with Crippen LogP contribution in [0.4, 0.5) is 4.39 Å². The molecule has 0 aliphatic carbocycles. The van der Waals surface area contributed by atoms with Gasteiger partial charge in [0.25, 0.3) is 0 Å². The van der Waals surface area contributed by atoms with Crippen LogP contribution in [0.3, 0.4) is 0 Å². The molecular formula is C14H9BrFNO3. The first-order chi connectivity index (χ1) is 9.54. The summed E-state index contributed by atoms with van der Waals surface area (Å²) >= 11 is 3.28. The molecule has 1 unspecified atom stereocenters. The minimum atomic E-state index is -1.02. The monoisotopic (exact) mass is 337 g/mol. The van der Waals surface area contributed by atoms with Gasteiger partial charge in [-0.15, -0.1) is 0 Å². The molecule has 3 aromatic rings. The van der Waals surface area contributed by atoms with E-state index in [2.05, 4.69) is 20.9 Å². The Morgan fingerprint density at radius 1 is 1.25 bits per heavy atom. The molecule has 1 heterocycles. The lowest BCUT2D eigenvalue weighted by atomic mass is 10.0. The second-order valence-corrected chi connectivity index (χ2v) is 5.19. The summed E-state index contributed by atoms with van der Waals surface area (Å²) in [6, 6.07) is 8.92. The normalized spacial score (nSPS) is 12.8. The summed E-state index contributed by atoms with van der Waals surface area (Å²) in [4.78, 5) is 13.6. The minimum absolute atomic E-state index is 0.346. The first-order valence-electron chi connectivity index (χ1n) is 5.80. The quantitative estimate of drug-likeness (QED) is 0.755. The zero-order valence-electron chi connectivity index (χ0n) is 10.1. The number of aliphatic hydroxyl groups excluding tert-OH is 1. The van der Waals surface area contributed by atoms with E-state index in [0.717, 1.165) is 0 Å². The first-order valence-corrected chi connectivity index (χ1v) is 6.59. The molecule has 4 nitrogen and oxygen atoms in total. The molecule has 0 amide bonds. The van der Waals surface area contributed by atoms with Crippen molar-refractivity contribution in [3.05, 3.63) is 68.4 Å². The van der Waals surface area contributed by atoms with E-state index < -0.39 is 17.7 Å². The van der Waals surface area contributed by atoms with E-state index in [9.17, 15) is 14.3 Å². The highest BCUT2D eigenvalue weighted by atomic mass is 79.9. The van der Waals surface area contributed by atoms with Crippen LogP contribution < -0.4 is 5.76 Å². The SMILES string of the molecule is O=c1[nH]c2ccc(C(O)c3cc(F)ccc3Br)cc2o1. The summed E-state index contributed by atoms with van der Waals surface area (Å²) in [7, 11) is 0. The fraction of sp³-hybridized carbons (Fsp3) is 0.0714. The van der Waals surface area contributed by atoms with Crippen LogP contribution in [0, 0.1) is 5.82 Å².